The van der Waals surface area contributed by atoms with Crippen molar-refractivity contribution in [2.45, 2.75) is 66.1 Å². The molecule has 5 nitrogen and oxygen atoms in total. The summed E-state index contributed by atoms with van der Waals surface area (Å²) in [4.78, 5) is 19.6. The highest BCUT2D eigenvalue weighted by atomic mass is 16.5. The van der Waals surface area contributed by atoms with Crippen LogP contribution in [0.4, 0.5) is 5.69 Å². The first-order valence-corrected chi connectivity index (χ1v) is 12.1. The van der Waals surface area contributed by atoms with E-state index in [0.29, 0.717) is 11.3 Å². The lowest BCUT2D eigenvalue weighted by Crippen LogP contribution is -2.39. The van der Waals surface area contributed by atoms with E-state index >= 15 is 0 Å². The Morgan fingerprint density at radius 1 is 1.09 bits per heavy atom. The molecular weight excluding hydrogens is 424 g/mol. The molecule has 4 rings (SSSR count). The summed E-state index contributed by atoms with van der Waals surface area (Å²) in [7, 11) is 0. The number of aryl methyl sites for hydroxylation is 1. The van der Waals surface area contributed by atoms with Gasteiger partial charge in [-0.3, -0.25) is 4.98 Å². The number of nitrogens with zero attached hydrogens (tertiary/aromatic N) is 2. The van der Waals surface area contributed by atoms with Crippen LogP contribution in [-0.4, -0.2) is 34.8 Å². The van der Waals surface area contributed by atoms with E-state index in [0.717, 1.165) is 48.1 Å². The third-order valence-corrected chi connectivity index (χ3v) is 6.74. The van der Waals surface area contributed by atoms with E-state index in [2.05, 4.69) is 54.1 Å². The van der Waals surface area contributed by atoms with Crippen LogP contribution in [0.25, 0.3) is 21.9 Å². The Bertz CT molecular complexity index is 1200. The van der Waals surface area contributed by atoms with Gasteiger partial charge in [0.1, 0.15) is 0 Å². The van der Waals surface area contributed by atoms with Crippen molar-refractivity contribution in [2.75, 3.05) is 18.0 Å². The van der Waals surface area contributed by atoms with E-state index < -0.39 is 17.7 Å². The number of benzene rings is 2. The van der Waals surface area contributed by atoms with E-state index in [9.17, 15) is 9.90 Å². The average Bonchev–Trinajstić information content (AvgIpc) is 2.76. The number of anilines is 1. The fourth-order valence-corrected chi connectivity index (χ4v) is 4.75. The van der Waals surface area contributed by atoms with Gasteiger partial charge in [-0.2, -0.15) is 0 Å². The molecule has 1 N–H and O–H groups in total. The lowest BCUT2D eigenvalue weighted by Gasteiger charge is -2.41. The molecule has 34 heavy (non-hydrogen) atoms. The molecule has 3 aromatic rings. The third-order valence-electron chi connectivity index (χ3n) is 6.74. The van der Waals surface area contributed by atoms with E-state index in [-0.39, 0.29) is 5.41 Å². The molecule has 5 heteroatoms. The number of carboxylic acids is 1. The summed E-state index contributed by atoms with van der Waals surface area (Å²) in [5, 5.41) is 12.6. The van der Waals surface area contributed by atoms with Gasteiger partial charge in [0.25, 0.3) is 0 Å². The number of hydrogen-bond donors (Lipinski definition) is 1. The molecule has 1 atom stereocenters. The Morgan fingerprint density at radius 3 is 2.35 bits per heavy atom. The van der Waals surface area contributed by atoms with Gasteiger partial charge in [-0.15, -0.1) is 0 Å². The number of fused-ring (bicyclic) bond motifs is 1. The van der Waals surface area contributed by atoms with E-state index in [1.165, 1.54) is 5.39 Å². The Balaban J connectivity index is 1.94. The lowest BCUT2D eigenvalue weighted by atomic mass is 9.82. The summed E-state index contributed by atoms with van der Waals surface area (Å²) in [6, 6.07) is 14.7. The highest BCUT2D eigenvalue weighted by Crippen LogP contribution is 2.43. The zero-order chi connectivity index (χ0) is 24.7. The van der Waals surface area contributed by atoms with Gasteiger partial charge in [0.15, 0.2) is 6.10 Å². The zero-order valence-electron chi connectivity index (χ0n) is 21.2. The predicted octanol–water partition coefficient (Wildman–Crippen LogP) is 6.78. The van der Waals surface area contributed by atoms with Gasteiger partial charge in [-0.25, -0.2) is 4.79 Å². The minimum atomic E-state index is -1.10. The van der Waals surface area contributed by atoms with Gasteiger partial charge in [0, 0.05) is 36.1 Å². The molecule has 0 amide bonds. The highest BCUT2D eigenvalue weighted by molar-refractivity contribution is 5.92. The standard InChI is InChI=1S/C29H36N2O3/c1-19-24(26(27(32)33)34-28(2,3)4)25(31-15-13-29(5,6)14-16-31)23(18-30-19)22-12-11-20-9-7-8-10-21(20)17-22/h7-12,17-18,26H,13-16H2,1-6H3,(H,32,33). The van der Waals surface area contributed by atoms with Crippen molar-refractivity contribution in [3.63, 3.8) is 0 Å². The summed E-state index contributed by atoms with van der Waals surface area (Å²) < 4.78 is 6.13. The third kappa shape index (κ3) is 5.10. The van der Waals surface area contributed by atoms with Crippen LogP contribution < -0.4 is 4.90 Å². The first-order chi connectivity index (χ1) is 16.0. The molecule has 0 saturated carbocycles. The molecule has 1 fully saturated rings. The molecule has 180 valence electrons. The number of piperidine rings is 1. The summed E-state index contributed by atoms with van der Waals surface area (Å²) in [6.07, 6.45) is 2.89. The van der Waals surface area contributed by atoms with Crippen molar-refractivity contribution >= 4 is 22.4 Å². The quantitative estimate of drug-likeness (QED) is 0.455. The summed E-state index contributed by atoms with van der Waals surface area (Å²) in [5.74, 6) is -0.992. The molecule has 1 aromatic heterocycles. The molecule has 0 radical (unpaired) electrons. The first-order valence-electron chi connectivity index (χ1n) is 12.1. The second-order valence-corrected chi connectivity index (χ2v) is 11.2. The van der Waals surface area contributed by atoms with E-state index in [1.807, 2.05) is 46.0 Å². The van der Waals surface area contributed by atoms with Gasteiger partial charge in [0.2, 0.25) is 0 Å². The monoisotopic (exact) mass is 460 g/mol. The van der Waals surface area contributed by atoms with Crippen LogP contribution >= 0.6 is 0 Å². The molecular formula is C29H36N2O3. The summed E-state index contributed by atoms with van der Waals surface area (Å²) in [5.41, 5.74) is 3.94. The minimum Gasteiger partial charge on any atom is -0.479 e. The SMILES string of the molecule is Cc1ncc(-c2ccc3ccccc3c2)c(N2CCC(C)(C)CC2)c1C(OC(C)(C)C)C(=O)O. The van der Waals surface area contributed by atoms with Crippen molar-refractivity contribution in [3.8, 4) is 11.1 Å². The highest BCUT2D eigenvalue weighted by Gasteiger charge is 2.35. The molecule has 2 heterocycles. The van der Waals surface area contributed by atoms with Crippen molar-refractivity contribution in [1.29, 1.82) is 0 Å². The number of ether oxygens (including phenoxy) is 1. The Morgan fingerprint density at radius 2 is 1.74 bits per heavy atom. The van der Waals surface area contributed by atoms with Gasteiger partial charge < -0.3 is 14.7 Å². The molecule has 1 saturated heterocycles. The van der Waals surface area contributed by atoms with Crippen LogP contribution in [0.15, 0.2) is 48.7 Å². The first kappa shape index (κ1) is 24.2. The van der Waals surface area contributed by atoms with Gasteiger partial charge in [0.05, 0.1) is 11.3 Å². The zero-order valence-corrected chi connectivity index (χ0v) is 21.2. The topological polar surface area (TPSA) is 62.7 Å². The fourth-order valence-electron chi connectivity index (χ4n) is 4.75. The number of pyridine rings is 1. The van der Waals surface area contributed by atoms with Crippen LogP contribution in [0.1, 0.15) is 64.8 Å². The van der Waals surface area contributed by atoms with Crippen molar-refractivity contribution in [3.05, 3.63) is 59.9 Å². The van der Waals surface area contributed by atoms with Crippen LogP contribution in [-0.2, 0) is 9.53 Å². The lowest BCUT2D eigenvalue weighted by molar-refractivity contribution is -0.160. The van der Waals surface area contributed by atoms with Crippen molar-refractivity contribution in [1.82, 2.24) is 4.98 Å². The normalized spacial score (nSPS) is 17.1. The number of carboxylic acid groups (broad SMARTS) is 1. The second kappa shape index (κ2) is 9.03. The number of hydrogen-bond acceptors (Lipinski definition) is 4. The Hall–Kier alpha value is -2.92. The summed E-state index contributed by atoms with van der Waals surface area (Å²) >= 11 is 0. The maximum Gasteiger partial charge on any atom is 0.337 e. The number of aliphatic carboxylic acids is 1. The van der Waals surface area contributed by atoms with E-state index in [4.69, 9.17) is 4.74 Å². The second-order valence-electron chi connectivity index (χ2n) is 11.2. The van der Waals surface area contributed by atoms with Gasteiger partial charge >= 0.3 is 5.97 Å². The van der Waals surface area contributed by atoms with Crippen LogP contribution in [0.5, 0.6) is 0 Å². The maximum atomic E-state index is 12.5. The molecule has 0 aliphatic carbocycles. The minimum absolute atomic E-state index is 0.274. The predicted molar refractivity (Wildman–Crippen MR) is 138 cm³/mol. The average molecular weight is 461 g/mol. The Kier molecular flexibility index (Phi) is 6.43. The maximum absolute atomic E-state index is 12.5. The van der Waals surface area contributed by atoms with E-state index in [1.54, 1.807) is 0 Å². The van der Waals surface area contributed by atoms with Crippen molar-refractivity contribution in [2.24, 2.45) is 5.41 Å². The number of rotatable bonds is 5. The van der Waals surface area contributed by atoms with Gasteiger partial charge in [-0.1, -0.05) is 50.2 Å². The van der Waals surface area contributed by atoms with Crippen LogP contribution in [0.3, 0.4) is 0 Å². The molecule has 2 aromatic carbocycles. The fraction of sp³-hybridized carbons (Fsp3) is 0.448. The summed E-state index contributed by atoms with van der Waals surface area (Å²) in [6.45, 7) is 13.9. The molecule has 1 aliphatic rings. The molecule has 0 spiro atoms. The largest absolute Gasteiger partial charge is 0.479 e. The van der Waals surface area contributed by atoms with Gasteiger partial charge in [-0.05, 0) is 68.4 Å². The molecule has 1 unspecified atom stereocenters. The van der Waals surface area contributed by atoms with Crippen LogP contribution in [0, 0.1) is 12.3 Å². The van der Waals surface area contributed by atoms with Crippen LogP contribution in [0.2, 0.25) is 0 Å². The van der Waals surface area contributed by atoms with Crippen molar-refractivity contribution < 1.29 is 14.6 Å². The number of carbonyl (C=O) groups is 1. The molecule has 1 aliphatic heterocycles. The number of aromatic nitrogens is 1. The molecule has 0 bridgehead atoms. The Labute approximate surface area is 202 Å². The smallest absolute Gasteiger partial charge is 0.337 e.